The number of carbonyl (C=O) groups is 1. The van der Waals surface area contributed by atoms with Crippen molar-refractivity contribution >= 4 is 44.0 Å². The molecule has 0 radical (unpaired) electrons. The summed E-state index contributed by atoms with van der Waals surface area (Å²) in [5, 5.41) is 10.9. The van der Waals surface area contributed by atoms with Crippen LogP contribution >= 0.6 is 27.3 Å². The lowest BCUT2D eigenvalue weighted by atomic mass is 9.79. The molecule has 0 saturated carbocycles. The average molecular weight is 499 g/mol. The van der Waals surface area contributed by atoms with Crippen LogP contribution in [0.5, 0.6) is 5.75 Å². The summed E-state index contributed by atoms with van der Waals surface area (Å²) in [6, 6.07) is 14.2. The SMILES string of the molecule is COc1ccc(C2NC(C(=O)Nc3ncc(C)s3)CC3c4cc(Br)ccc4NC32)cc1. The maximum atomic E-state index is 13.2. The van der Waals surface area contributed by atoms with Gasteiger partial charge in [0.2, 0.25) is 5.91 Å². The molecule has 3 aromatic rings. The molecular weight excluding hydrogens is 476 g/mol. The van der Waals surface area contributed by atoms with Crippen molar-refractivity contribution in [1.29, 1.82) is 0 Å². The lowest BCUT2D eigenvalue weighted by molar-refractivity contribution is -0.119. The monoisotopic (exact) mass is 498 g/mol. The Morgan fingerprint density at radius 3 is 2.77 bits per heavy atom. The molecule has 1 fully saturated rings. The number of fused-ring (bicyclic) bond motifs is 3. The van der Waals surface area contributed by atoms with E-state index >= 15 is 0 Å². The Kier molecular flexibility index (Phi) is 5.45. The van der Waals surface area contributed by atoms with Gasteiger partial charge in [-0.3, -0.25) is 10.1 Å². The van der Waals surface area contributed by atoms with Crippen LogP contribution in [-0.2, 0) is 4.79 Å². The Labute approximate surface area is 193 Å². The third-order valence-electron chi connectivity index (χ3n) is 6.04. The largest absolute Gasteiger partial charge is 0.497 e. The van der Waals surface area contributed by atoms with E-state index in [1.807, 2.05) is 25.1 Å². The molecule has 0 spiro atoms. The molecule has 0 bridgehead atoms. The quantitative estimate of drug-likeness (QED) is 0.479. The lowest BCUT2D eigenvalue weighted by Gasteiger charge is -2.39. The van der Waals surface area contributed by atoms with Crippen molar-refractivity contribution in [3.8, 4) is 5.75 Å². The number of thiazole rings is 1. The van der Waals surface area contributed by atoms with Gasteiger partial charge in [-0.25, -0.2) is 4.98 Å². The van der Waals surface area contributed by atoms with Crippen molar-refractivity contribution in [2.24, 2.45) is 0 Å². The molecular formula is C23H23BrN4O2S. The number of aromatic nitrogens is 1. The van der Waals surface area contributed by atoms with Gasteiger partial charge in [0.25, 0.3) is 0 Å². The fourth-order valence-corrected chi connectivity index (χ4v) is 5.63. The molecule has 160 valence electrons. The summed E-state index contributed by atoms with van der Waals surface area (Å²) in [6.45, 7) is 1.98. The van der Waals surface area contributed by atoms with Gasteiger partial charge in [-0.05, 0) is 54.8 Å². The van der Waals surface area contributed by atoms with E-state index in [1.165, 1.54) is 16.9 Å². The first-order chi connectivity index (χ1) is 15.0. The highest BCUT2D eigenvalue weighted by atomic mass is 79.9. The molecule has 1 saturated heterocycles. The molecule has 2 aliphatic heterocycles. The number of hydrogen-bond donors (Lipinski definition) is 3. The Hall–Kier alpha value is -2.42. The summed E-state index contributed by atoms with van der Waals surface area (Å²) >= 11 is 5.09. The van der Waals surface area contributed by atoms with E-state index in [9.17, 15) is 4.79 Å². The molecule has 4 unspecified atom stereocenters. The zero-order chi connectivity index (χ0) is 21.5. The first-order valence-corrected chi connectivity index (χ1v) is 11.8. The van der Waals surface area contributed by atoms with Crippen LogP contribution in [0.2, 0.25) is 0 Å². The van der Waals surface area contributed by atoms with E-state index in [0.29, 0.717) is 11.6 Å². The molecule has 8 heteroatoms. The van der Waals surface area contributed by atoms with E-state index in [0.717, 1.165) is 26.4 Å². The number of amides is 1. The third-order valence-corrected chi connectivity index (χ3v) is 7.36. The number of carbonyl (C=O) groups excluding carboxylic acids is 1. The fraction of sp³-hybridized carbons (Fsp3) is 0.304. The van der Waals surface area contributed by atoms with Gasteiger partial charge in [0.1, 0.15) is 5.75 Å². The molecule has 1 amide bonds. The van der Waals surface area contributed by atoms with Crippen molar-refractivity contribution in [3.63, 3.8) is 0 Å². The number of benzene rings is 2. The van der Waals surface area contributed by atoms with E-state index in [-0.39, 0.29) is 30.0 Å². The Morgan fingerprint density at radius 2 is 2.06 bits per heavy atom. The van der Waals surface area contributed by atoms with Crippen LogP contribution in [0.25, 0.3) is 0 Å². The van der Waals surface area contributed by atoms with Crippen LogP contribution in [0, 0.1) is 6.92 Å². The standard InChI is InChI=1S/C23H23BrN4O2S/c1-12-11-25-23(31-12)28-22(29)19-10-17-16-9-14(24)5-8-18(16)26-21(17)20(27-19)13-3-6-15(30-2)7-4-13/h3-9,11,17,19-21,26-27H,10H2,1-2H3,(H,25,28,29). The highest BCUT2D eigenvalue weighted by Crippen LogP contribution is 2.47. The second-order valence-corrected chi connectivity index (χ2v) is 10.1. The van der Waals surface area contributed by atoms with Gasteiger partial charge in [0, 0.05) is 27.2 Å². The molecule has 2 aliphatic rings. The highest BCUT2D eigenvalue weighted by Gasteiger charge is 2.45. The summed E-state index contributed by atoms with van der Waals surface area (Å²) in [5.74, 6) is 0.987. The van der Waals surface area contributed by atoms with E-state index in [4.69, 9.17) is 4.74 Å². The number of nitrogens with one attached hydrogen (secondary N) is 3. The minimum absolute atomic E-state index is 0.0235. The number of rotatable bonds is 4. The Balaban J connectivity index is 1.47. The predicted molar refractivity (Wildman–Crippen MR) is 127 cm³/mol. The molecule has 3 N–H and O–H groups in total. The van der Waals surface area contributed by atoms with Crippen LogP contribution in [0.15, 0.2) is 53.1 Å². The molecule has 31 heavy (non-hydrogen) atoms. The van der Waals surface area contributed by atoms with Crippen LogP contribution < -0.4 is 20.7 Å². The van der Waals surface area contributed by atoms with Gasteiger partial charge in [-0.2, -0.15) is 0 Å². The van der Waals surface area contributed by atoms with Gasteiger partial charge in [-0.1, -0.05) is 28.1 Å². The number of ether oxygens (including phenoxy) is 1. The third kappa shape index (κ3) is 3.95. The maximum absolute atomic E-state index is 13.2. The molecule has 5 rings (SSSR count). The maximum Gasteiger partial charge on any atom is 0.243 e. The summed E-state index contributed by atoms with van der Waals surface area (Å²) < 4.78 is 6.37. The van der Waals surface area contributed by atoms with Crippen molar-refractivity contribution in [2.45, 2.75) is 37.4 Å². The summed E-state index contributed by atoms with van der Waals surface area (Å²) in [5.41, 5.74) is 3.51. The number of anilines is 2. The van der Waals surface area contributed by atoms with Gasteiger partial charge in [0.15, 0.2) is 5.13 Å². The average Bonchev–Trinajstić information content (AvgIpc) is 3.35. The van der Waals surface area contributed by atoms with Crippen molar-refractivity contribution in [1.82, 2.24) is 10.3 Å². The second kappa shape index (κ2) is 8.26. The molecule has 6 nitrogen and oxygen atoms in total. The summed E-state index contributed by atoms with van der Waals surface area (Å²) in [4.78, 5) is 18.5. The van der Waals surface area contributed by atoms with Crippen LogP contribution in [0.1, 0.15) is 34.4 Å². The molecule has 2 aromatic carbocycles. The number of nitrogens with zero attached hydrogens (tertiary/aromatic N) is 1. The van der Waals surface area contributed by atoms with Crippen LogP contribution in [0.4, 0.5) is 10.8 Å². The van der Waals surface area contributed by atoms with E-state index in [2.05, 4.69) is 61.1 Å². The topological polar surface area (TPSA) is 75.3 Å². The summed E-state index contributed by atoms with van der Waals surface area (Å²) in [6.07, 6.45) is 2.49. The van der Waals surface area contributed by atoms with Gasteiger partial charge < -0.3 is 15.4 Å². The number of hydrogen-bond acceptors (Lipinski definition) is 6. The lowest BCUT2D eigenvalue weighted by Crippen LogP contribution is -2.53. The van der Waals surface area contributed by atoms with Crippen LogP contribution in [0.3, 0.4) is 0 Å². The summed E-state index contributed by atoms with van der Waals surface area (Å²) in [7, 11) is 1.66. The minimum Gasteiger partial charge on any atom is -0.497 e. The minimum atomic E-state index is -0.329. The molecule has 4 atom stereocenters. The number of aryl methyl sites for hydroxylation is 1. The fourth-order valence-electron chi connectivity index (χ4n) is 4.58. The normalized spacial score (nSPS) is 24.1. The van der Waals surface area contributed by atoms with Gasteiger partial charge in [0.05, 0.1) is 25.2 Å². The van der Waals surface area contributed by atoms with Gasteiger partial charge >= 0.3 is 0 Å². The van der Waals surface area contributed by atoms with Crippen molar-refractivity contribution in [2.75, 3.05) is 17.7 Å². The van der Waals surface area contributed by atoms with Crippen molar-refractivity contribution in [3.05, 3.63) is 69.1 Å². The van der Waals surface area contributed by atoms with E-state index < -0.39 is 0 Å². The number of halogens is 1. The highest BCUT2D eigenvalue weighted by molar-refractivity contribution is 9.10. The predicted octanol–water partition coefficient (Wildman–Crippen LogP) is 4.84. The first kappa shape index (κ1) is 20.5. The Morgan fingerprint density at radius 1 is 1.26 bits per heavy atom. The van der Waals surface area contributed by atoms with Crippen LogP contribution in [-0.4, -0.2) is 30.1 Å². The van der Waals surface area contributed by atoms with Crippen molar-refractivity contribution < 1.29 is 9.53 Å². The molecule has 3 heterocycles. The molecule has 1 aromatic heterocycles. The Bertz CT molecular complexity index is 1120. The number of piperidine rings is 1. The smallest absolute Gasteiger partial charge is 0.243 e. The van der Waals surface area contributed by atoms with Gasteiger partial charge in [-0.15, -0.1) is 11.3 Å². The first-order valence-electron chi connectivity index (χ1n) is 10.2. The second-order valence-electron chi connectivity index (χ2n) is 7.98. The number of methoxy groups -OCH3 is 1. The zero-order valence-electron chi connectivity index (χ0n) is 17.2. The molecule has 0 aliphatic carbocycles. The van der Waals surface area contributed by atoms with E-state index in [1.54, 1.807) is 13.3 Å². The zero-order valence-corrected chi connectivity index (χ0v) is 19.6.